The van der Waals surface area contributed by atoms with Crippen LogP contribution in [0.25, 0.3) is 0 Å². The molecular formula is C27H28N2O4. The second-order valence-electron chi connectivity index (χ2n) is 8.07. The summed E-state index contributed by atoms with van der Waals surface area (Å²) in [6.07, 6.45) is 2.20. The van der Waals surface area contributed by atoms with E-state index in [1.54, 1.807) is 0 Å². The van der Waals surface area contributed by atoms with Gasteiger partial charge in [0.15, 0.2) is 12.4 Å². The first-order valence-electron chi connectivity index (χ1n) is 11.2. The predicted octanol–water partition coefficient (Wildman–Crippen LogP) is 4.70. The average molecular weight is 445 g/mol. The van der Waals surface area contributed by atoms with Gasteiger partial charge in [0.1, 0.15) is 5.75 Å². The third kappa shape index (κ3) is 5.71. The number of carboxylic acid groups (broad SMARTS) is 1. The highest BCUT2D eigenvalue weighted by atomic mass is 16.5. The fourth-order valence-electron chi connectivity index (χ4n) is 4.24. The second-order valence-corrected chi connectivity index (χ2v) is 8.07. The topological polar surface area (TPSA) is 70.1 Å². The quantitative estimate of drug-likeness (QED) is 0.489. The van der Waals surface area contributed by atoms with Crippen molar-refractivity contribution in [2.75, 3.05) is 36.0 Å². The van der Waals surface area contributed by atoms with Gasteiger partial charge in [-0.3, -0.25) is 4.79 Å². The number of ether oxygens (including phenoxy) is 1. The number of rotatable bonds is 10. The molecule has 0 atom stereocenters. The Hall–Kier alpha value is -3.80. The highest BCUT2D eigenvalue weighted by molar-refractivity contribution is 5.86. The first-order chi connectivity index (χ1) is 16.1. The van der Waals surface area contributed by atoms with E-state index in [9.17, 15) is 9.59 Å². The number of carbonyl (C=O) groups excluding carboxylic acids is 1. The normalized spacial score (nSPS) is 12.7. The Labute approximate surface area is 194 Å². The number of hydrogen-bond acceptors (Lipinski definition) is 5. The van der Waals surface area contributed by atoms with Gasteiger partial charge in [0.2, 0.25) is 0 Å². The lowest BCUT2D eigenvalue weighted by atomic mass is 10.00. The Morgan fingerprint density at radius 3 is 2.21 bits per heavy atom. The molecule has 0 aromatic heterocycles. The van der Waals surface area contributed by atoms with Crippen molar-refractivity contribution in [3.05, 3.63) is 84.4 Å². The number of carboxylic acids is 1. The molecule has 0 bridgehead atoms. The van der Waals surface area contributed by atoms with E-state index in [4.69, 9.17) is 9.84 Å². The second kappa shape index (κ2) is 10.7. The van der Waals surface area contributed by atoms with Gasteiger partial charge >= 0.3 is 5.97 Å². The molecule has 4 rings (SSSR count). The lowest BCUT2D eigenvalue weighted by molar-refractivity contribution is -0.139. The summed E-state index contributed by atoms with van der Waals surface area (Å²) >= 11 is 0. The van der Waals surface area contributed by atoms with Gasteiger partial charge in [0.05, 0.1) is 6.54 Å². The van der Waals surface area contributed by atoms with Crippen LogP contribution in [-0.2, 0) is 16.0 Å². The molecule has 0 aliphatic carbocycles. The number of para-hydroxylation sites is 2. The summed E-state index contributed by atoms with van der Waals surface area (Å²) in [6.45, 7) is 1.43. The van der Waals surface area contributed by atoms with Crippen molar-refractivity contribution in [2.45, 2.75) is 19.3 Å². The van der Waals surface area contributed by atoms with Crippen molar-refractivity contribution < 1.29 is 19.4 Å². The van der Waals surface area contributed by atoms with Gasteiger partial charge < -0.3 is 19.6 Å². The lowest BCUT2D eigenvalue weighted by Gasteiger charge is -2.32. The zero-order valence-electron chi connectivity index (χ0n) is 18.5. The number of carbonyl (C=O) groups is 2. The molecule has 0 fully saturated rings. The largest absolute Gasteiger partial charge is 0.482 e. The number of nitrogens with zero attached hydrogens (tertiary/aromatic N) is 2. The monoisotopic (exact) mass is 444 g/mol. The van der Waals surface area contributed by atoms with Crippen LogP contribution in [0.4, 0.5) is 17.1 Å². The zero-order chi connectivity index (χ0) is 23.0. The zero-order valence-corrected chi connectivity index (χ0v) is 18.5. The minimum Gasteiger partial charge on any atom is -0.482 e. The fourth-order valence-corrected chi connectivity index (χ4v) is 4.24. The van der Waals surface area contributed by atoms with Gasteiger partial charge in [-0.1, -0.05) is 42.5 Å². The molecule has 0 amide bonds. The van der Waals surface area contributed by atoms with E-state index in [0.29, 0.717) is 25.3 Å². The van der Waals surface area contributed by atoms with Gasteiger partial charge in [0, 0.05) is 42.1 Å². The molecule has 33 heavy (non-hydrogen) atoms. The third-order valence-electron chi connectivity index (χ3n) is 5.79. The summed E-state index contributed by atoms with van der Waals surface area (Å²) in [5, 5.41) is 8.94. The number of aliphatic carboxylic acids is 1. The minimum atomic E-state index is -0.993. The van der Waals surface area contributed by atoms with E-state index < -0.39 is 5.97 Å². The molecular weight excluding hydrogens is 416 g/mol. The molecule has 0 unspecified atom stereocenters. The van der Waals surface area contributed by atoms with Crippen LogP contribution in [0.5, 0.6) is 5.75 Å². The average Bonchev–Trinajstić information content (AvgIpc) is 2.85. The van der Waals surface area contributed by atoms with E-state index in [-0.39, 0.29) is 12.4 Å². The molecule has 3 aromatic rings. The summed E-state index contributed by atoms with van der Waals surface area (Å²) in [5.41, 5.74) is 4.02. The number of ketones is 1. The van der Waals surface area contributed by atoms with Crippen LogP contribution in [0, 0.1) is 0 Å². The molecule has 1 N–H and O–H groups in total. The van der Waals surface area contributed by atoms with Crippen LogP contribution in [0.1, 0.15) is 18.4 Å². The molecule has 0 saturated carbocycles. The van der Waals surface area contributed by atoms with Crippen molar-refractivity contribution in [3.63, 3.8) is 0 Å². The molecule has 170 valence electrons. The number of Topliss-reactive ketones (excluding diaryl/α,β-unsaturated/α-hetero) is 1. The highest BCUT2D eigenvalue weighted by Crippen LogP contribution is 2.34. The van der Waals surface area contributed by atoms with Crippen molar-refractivity contribution in [2.24, 2.45) is 0 Å². The van der Waals surface area contributed by atoms with Crippen LogP contribution in [0.3, 0.4) is 0 Å². The van der Waals surface area contributed by atoms with Gasteiger partial charge in [0.25, 0.3) is 0 Å². The molecule has 3 aromatic carbocycles. The van der Waals surface area contributed by atoms with E-state index in [1.807, 2.05) is 83.8 Å². The van der Waals surface area contributed by atoms with E-state index in [1.165, 1.54) is 0 Å². The first-order valence-corrected chi connectivity index (χ1v) is 11.2. The Bertz CT molecular complexity index is 1050. The molecule has 6 heteroatoms. The maximum Gasteiger partial charge on any atom is 0.341 e. The highest BCUT2D eigenvalue weighted by Gasteiger charge is 2.22. The Morgan fingerprint density at radius 2 is 1.58 bits per heavy atom. The van der Waals surface area contributed by atoms with Crippen molar-refractivity contribution >= 4 is 28.8 Å². The number of anilines is 3. The predicted molar refractivity (Wildman–Crippen MR) is 130 cm³/mol. The minimum absolute atomic E-state index is 0.160. The van der Waals surface area contributed by atoms with Gasteiger partial charge in [-0.25, -0.2) is 4.79 Å². The van der Waals surface area contributed by atoms with Gasteiger partial charge in [-0.15, -0.1) is 0 Å². The number of fused-ring (bicyclic) bond motifs is 1. The van der Waals surface area contributed by atoms with E-state index in [2.05, 4.69) is 4.90 Å². The van der Waals surface area contributed by atoms with Crippen molar-refractivity contribution in [1.29, 1.82) is 0 Å². The van der Waals surface area contributed by atoms with Gasteiger partial charge in [-0.2, -0.15) is 0 Å². The molecule has 0 saturated heterocycles. The summed E-state index contributed by atoms with van der Waals surface area (Å²) in [5.74, 6) is -0.217. The summed E-state index contributed by atoms with van der Waals surface area (Å²) in [4.78, 5) is 28.2. The Morgan fingerprint density at radius 1 is 0.909 bits per heavy atom. The number of benzene rings is 3. The summed E-state index contributed by atoms with van der Waals surface area (Å²) in [6, 6.07) is 25.6. The Kier molecular flexibility index (Phi) is 7.25. The molecule has 1 aliphatic rings. The standard InChI is InChI=1S/C27H28N2O4/c30-23(19-29(21-9-3-1-4-10-21)22-11-5-2-6-12-22)16-18-28-17-8-13-24-25(28)14-7-15-26(24)33-20-27(31)32/h1-7,9-12,14-15H,8,13,16-20H2,(H,31,32). The van der Waals surface area contributed by atoms with Crippen molar-refractivity contribution in [1.82, 2.24) is 0 Å². The van der Waals surface area contributed by atoms with Crippen LogP contribution in [0.2, 0.25) is 0 Å². The SMILES string of the molecule is O=C(O)COc1cccc2c1CCCN2CCC(=O)CN(c1ccccc1)c1ccccc1. The molecule has 0 radical (unpaired) electrons. The van der Waals surface area contributed by atoms with E-state index in [0.717, 1.165) is 42.0 Å². The molecule has 0 spiro atoms. The summed E-state index contributed by atoms with van der Waals surface area (Å²) in [7, 11) is 0. The van der Waals surface area contributed by atoms with Crippen LogP contribution in [0.15, 0.2) is 78.9 Å². The third-order valence-corrected chi connectivity index (χ3v) is 5.79. The lowest BCUT2D eigenvalue weighted by Crippen LogP contribution is -2.33. The van der Waals surface area contributed by atoms with Crippen molar-refractivity contribution in [3.8, 4) is 5.75 Å². The molecule has 1 heterocycles. The first kappa shape index (κ1) is 22.4. The van der Waals surface area contributed by atoms with E-state index >= 15 is 0 Å². The maximum atomic E-state index is 13.0. The molecule has 1 aliphatic heterocycles. The maximum absolute atomic E-state index is 13.0. The van der Waals surface area contributed by atoms with Gasteiger partial charge in [-0.05, 0) is 49.2 Å². The fraction of sp³-hybridized carbons (Fsp3) is 0.259. The van der Waals surface area contributed by atoms with Crippen LogP contribution < -0.4 is 14.5 Å². The Balaban J connectivity index is 1.44. The summed E-state index contributed by atoms with van der Waals surface area (Å²) < 4.78 is 5.49. The molecule has 6 nitrogen and oxygen atoms in total. The van der Waals surface area contributed by atoms with Crippen LogP contribution in [-0.4, -0.2) is 43.1 Å². The van der Waals surface area contributed by atoms with Crippen LogP contribution >= 0.6 is 0 Å². The number of hydrogen-bond donors (Lipinski definition) is 1. The smallest absolute Gasteiger partial charge is 0.341 e.